The Labute approximate surface area is 205 Å². The van der Waals surface area contributed by atoms with Crippen LogP contribution in [0.5, 0.6) is 0 Å². The normalized spacial score (nSPS) is 10.6. The van der Waals surface area contributed by atoms with E-state index in [1.807, 2.05) is 66.7 Å². The van der Waals surface area contributed by atoms with Crippen molar-refractivity contribution in [2.24, 2.45) is 0 Å². The van der Waals surface area contributed by atoms with Gasteiger partial charge < -0.3 is 14.2 Å². The van der Waals surface area contributed by atoms with Gasteiger partial charge in [-0.25, -0.2) is 14.4 Å². The minimum atomic E-state index is -1.62. The van der Waals surface area contributed by atoms with Gasteiger partial charge in [-0.2, -0.15) is 0 Å². The van der Waals surface area contributed by atoms with E-state index >= 15 is 0 Å². The zero-order valence-electron chi connectivity index (χ0n) is 19.8. The van der Waals surface area contributed by atoms with Crippen molar-refractivity contribution in [3.8, 4) is 0 Å². The summed E-state index contributed by atoms with van der Waals surface area (Å²) in [4.78, 5) is 40.3. The highest BCUT2D eigenvalue weighted by molar-refractivity contribution is 6.01. The van der Waals surface area contributed by atoms with Crippen molar-refractivity contribution in [3.05, 3.63) is 108 Å². The third-order valence-electron chi connectivity index (χ3n) is 5.14. The van der Waals surface area contributed by atoms with Crippen LogP contribution in [0.4, 0.5) is 4.79 Å². The molecule has 0 radical (unpaired) electrons. The summed E-state index contributed by atoms with van der Waals surface area (Å²) in [6, 6.07) is 25.1. The summed E-state index contributed by atoms with van der Waals surface area (Å²) < 4.78 is 16.3. The van der Waals surface area contributed by atoms with Crippen molar-refractivity contribution in [1.82, 2.24) is 4.90 Å². The molecule has 0 spiro atoms. The topological polar surface area (TPSA) is 82.1 Å². The number of esters is 2. The van der Waals surface area contributed by atoms with Crippen LogP contribution >= 0.6 is 0 Å². The van der Waals surface area contributed by atoms with Crippen LogP contribution in [-0.2, 0) is 43.6 Å². The summed E-state index contributed by atoms with van der Waals surface area (Å²) in [5, 5.41) is 0. The second kappa shape index (κ2) is 12.9. The molecule has 0 heterocycles. The summed E-state index contributed by atoms with van der Waals surface area (Å²) in [6.45, 7) is 3.27. The fourth-order valence-electron chi connectivity index (χ4n) is 3.35. The number of carbonyl (C=O) groups is 3. The lowest BCUT2D eigenvalue weighted by Gasteiger charge is -2.31. The Kier molecular flexibility index (Phi) is 9.42. The summed E-state index contributed by atoms with van der Waals surface area (Å²) in [5.74, 6) is -1.78. The first kappa shape index (κ1) is 25.5. The Morgan fingerprint density at radius 1 is 0.600 bits per heavy atom. The zero-order valence-corrected chi connectivity index (χ0v) is 19.8. The maximum atomic E-state index is 13.1. The number of benzene rings is 3. The van der Waals surface area contributed by atoms with Crippen LogP contribution < -0.4 is 0 Å². The molecule has 0 N–H and O–H groups in total. The Morgan fingerprint density at radius 2 is 0.943 bits per heavy atom. The molecule has 0 bridgehead atoms. The Morgan fingerprint density at radius 3 is 1.29 bits per heavy atom. The predicted octanol–water partition coefficient (Wildman–Crippen LogP) is 4.89. The zero-order chi connectivity index (χ0) is 25.0. The van der Waals surface area contributed by atoms with Crippen molar-refractivity contribution < 1.29 is 28.6 Å². The molecular weight excluding hydrogens is 446 g/mol. The van der Waals surface area contributed by atoms with Crippen molar-refractivity contribution in [2.45, 2.75) is 45.8 Å². The van der Waals surface area contributed by atoms with E-state index in [0.29, 0.717) is 0 Å². The molecule has 0 saturated carbocycles. The second-order valence-electron chi connectivity index (χ2n) is 8.13. The van der Waals surface area contributed by atoms with Crippen molar-refractivity contribution >= 4 is 18.0 Å². The molecule has 7 heteroatoms. The van der Waals surface area contributed by atoms with E-state index in [0.717, 1.165) is 21.6 Å². The van der Waals surface area contributed by atoms with Gasteiger partial charge in [-0.15, -0.1) is 0 Å². The number of nitrogens with zero attached hydrogens (tertiary/aromatic N) is 1. The smallest absolute Gasteiger partial charge is 0.411 e. The number of ether oxygens (including phenoxy) is 3. The highest BCUT2D eigenvalue weighted by atomic mass is 16.6. The van der Waals surface area contributed by atoms with Crippen molar-refractivity contribution in [3.63, 3.8) is 0 Å². The van der Waals surface area contributed by atoms with E-state index in [2.05, 4.69) is 0 Å². The van der Waals surface area contributed by atoms with E-state index in [9.17, 15) is 14.4 Å². The molecule has 0 aliphatic carbocycles. The van der Waals surface area contributed by atoms with Crippen molar-refractivity contribution in [2.75, 3.05) is 0 Å². The van der Waals surface area contributed by atoms with Gasteiger partial charge in [0.1, 0.15) is 19.8 Å². The molecule has 182 valence electrons. The lowest BCUT2D eigenvalue weighted by molar-refractivity contribution is -0.166. The predicted molar refractivity (Wildman–Crippen MR) is 130 cm³/mol. The Hall–Kier alpha value is -4.13. The lowest BCUT2D eigenvalue weighted by Crippen LogP contribution is -2.54. The molecule has 0 fully saturated rings. The van der Waals surface area contributed by atoms with E-state index in [-0.39, 0.29) is 19.8 Å². The average Bonchev–Trinajstić information content (AvgIpc) is 2.89. The number of hydrogen-bond acceptors (Lipinski definition) is 6. The molecule has 35 heavy (non-hydrogen) atoms. The van der Waals surface area contributed by atoms with Crippen LogP contribution in [0.3, 0.4) is 0 Å². The standard InChI is InChI=1S/C28H29NO6/c1-21(2)29(28(32)35-20-24-16-10-5-11-17-24)25(26(30)33-18-22-12-6-3-7-13-22)27(31)34-19-23-14-8-4-9-15-23/h3-17,21,25H,18-20H2,1-2H3. The molecule has 0 aliphatic rings. The van der Waals surface area contributed by atoms with E-state index < -0.39 is 30.1 Å². The van der Waals surface area contributed by atoms with Gasteiger partial charge in [0.25, 0.3) is 0 Å². The summed E-state index contributed by atoms with van der Waals surface area (Å²) in [6.07, 6.45) is -0.817. The van der Waals surface area contributed by atoms with Crippen LogP contribution in [0.1, 0.15) is 30.5 Å². The van der Waals surface area contributed by atoms with Gasteiger partial charge in [0.05, 0.1) is 0 Å². The molecule has 0 atom stereocenters. The maximum absolute atomic E-state index is 13.1. The summed E-state index contributed by atoms with van der Waals surface area (Å²) in [5.41, 5.74) is 2.28. The van der Waals surface area contributed by atoms with Crippen LogP contribution in [0, 0.1) is 0 Å². The molecule has 7 nitrogen and oxygen atoms in total. The fraction of sp³-hybridized carbons (Fsp3) is 0.250. The SMILES string of the molecule is CC(C)N(C(=O)OCc1ccccc1)C(C(=O)OCc1ccccc1)C(=O)OCc1ccccc1. The van der Waals surface area contributed by atoms with E-state index in [4.69, 9.17) is 14.2 Å². The van der Waals surface area contributed by atoms with E-state index in [1.54, 1.807) is 38.1 Å². The number of rotatable bonds is 10. The maximum Gasteiger partial charge on any atom is 0.411 e. The lowest BCUT2D eigenvalue weighted by atomic mass is 10.2. The fourth-order valence-corrected chi connectivity index (χ4v) is 3.35. The number of amides is 1. The molecular formula is C28H29NO6. The third-order valence-corrected chi connectivity index (χ3v) is 5.14. The third kappa shape index (κ3) is 7.71. The first-order valence-corrected chi connectivity index (χ1v) is 11.4. The van der Waals surface area contributed by atoms with Gasteiger partial charge >= 0.3 is 18.0 Å². The molecule has 0 aliphatic heterocycles. The van der Waals surface area contributed by atoms with Gasteiger partial charge in [0.15, 0.2) is 0 Å². The van der Waals surface area contributed by atoms with Crippen LogP contribution in [-0.4, -0.2) is 35.0 Å². The van der Waals surface area contributed by atoms with Gasteiger partial charge in [0, 0.05) is 6.04 Å². The molecule has 1 amide bonds. The number of hydrogen-bond donors (Lipinski definition) is 0. The summed E-state index contributed by atoms with van der Waals surface area (Å²) >= 11 is 0. The molecule has 3 aromatic carbocycles. The average molecular weight is 476 g/mol. The van der Waals surface area contributed by atoms with Crippen LogP contribution in [0.25, 0.3) is 0 Å². The first-order chi connectivity index (χ1) is 17.0. The largest absolute Gasteiger partial charge is 0.459 e. The molecule has 3 rings (SSSR count). The van der Waals surface area contributed by atoms with Gasteiger partial charge in [-0.3, -0.25) is 4.90 Å². The first-order valence-electron chi connectivity index (χ1n) is 11.4. The minimum absolute atomic E-state index is 0.00621. The van der Waals surface area contributed by atoms with Crippen LogP contribution in [0.15, 0.2) is 91.0 Å². The summed E-state index contributed by atoms with van der Waals surface area (Å²) in [7, 11) is 0. The molecule has 0 aromatic heterocycles. The number of carbonyl (C=O) groups excluding carboxylic acids is 3. The van der Waals surface area contributed by atoms with Gasteiger partial charge in [-0.05, 0) is 30.5 Å². The second-order valence-corrected chi connectivity index (χ2v) is 8.13. The van der Waals surface area contributed by atoms with Gasteiger partial charge in [0.2, 0.25) is 6.04 Å². The Bertz CT molecular complexity index is 1030. The molecule has 0 saturated heterocycles. The van der Waals surface area contributed by atoms with E-state index in [1.165, 1.54) is 0 Å². The molecule has 0 unspecified atom stereocenters. The highest BCUT2D eigenvalue weighted by Gasteiger charge is 2.41. The van der Waals surface area contributed by atoms with Crippen molar-refractivity contribution in [1.29, 1.82) is 0 Å². The minimum Gasteiger partial charge on any atom is -0.459 e. The Balaban J connectivity index is 1.77. The quantitative estimate of drug-likeness (QED) is 0.236. The van der Waals surface area contributed by atoms with Gasteiger partial charge in [-0.1, -0.05) is 91.0 Å². The van der Waals surface area contributed by atoms with Crippen LogP contribution in [0.2, 0.25) is 0 Å². The monoisotopic (exact) mass is 475 g/mol. The molecule has 3 aromatic rings. The highest BCUT2D eigenvalue weighted by Crippen LogP contribution is 2.16.